The van der Waals surface area contributed by atoms with Crippen molar-refractivity contribution in [2.75, 3.05) is 0 Å². The van der Waals surface area contributed by atoms with E-state index in [0.717, 1.165) is 6.20 Å². The van der Waals surface area contributed by atoms with Gasteiger partial charge >= 0.3 is 0 Å². The highest BCUT2D eigenvalue weighted by molar-refractivity contribution is 7.89. The number of aromatic nitrogens is 1. The Morgan fingerprint density at radius 1 is 1.43 bits per heavy atom. The average Bonchev–Trinajstić information content (AvgIpc) is 2.27. The van der Waals surface area contributed by atoms with Gasteiger partial charge in [-0.3, -0.25) is 0 Å². The molecule has 4 nitrogen and oxygen atoms in total. The van der Waals surface area contributed by atoms with Gasteiger partial charge in [0.1, 0.15) is 4.90 Å². The minimum atomic E-state index is -3.72. The van der Waals surface area contributed by atoms with Crippen LogP contribution in [0, 0.1) is 5.82 Å². The van der Waals surface area contributed by atoms with E-state index in [4.69, 9.17) is 0 Å². The molecule has 0 aliphatic rings. The fourth-order valence-electron chi connectivity index (χ4n) is 1.10. The molecular formula is C8H13FN2O2S. The summed E-state index contributed by atoms with van der Waals surface area (Å²) in [7, 11) is -2.15. The van der Waals surface area contributed by atoms with Gasteiger partial charge in [-0.15, -0.1) is 0 Å². The lowest BCUT2D eigenvalue weighted by molar-refractivity contribution is 0.552. The third-order valence-corrected chi connectivity index (χ3v) is 3.21. The first-order valence-electron chi connectivity index (χ1n) is 4.16. The van der Waals surface area contributed by atoms with Gasteiger partial charge in [0.05, 0.1) is 0 Å². The van der Waals surface area contributed by atoms with Gasteiger partial charge in [-0.05, 0) is 13.8 Å². The van der Waals surface area contributed by atoms with Gasteiger partial charge in [-0.25, -0.2) is 17.5 Å². The molecule has 0 saturated heterocycles. The molecule has 0 radical (unpaired) electrons. The number of nitrogens with one attached hydrogen (secondary N) is 1. The molecule has 1 aromatic heterocycles. The molecule has 1 N–H and O–H groups in total. The second-order valence-electron chi connectivity index (χ2n) is 3.41. The van der Waals surface area contributed by atoms with Crippen LogP contribution in [0.1, 0.15) is 13.8 Å². The van der Waals surface area contributed by atoms with E-state index in [1.165, 1.54) is 10.8 Å². The lowest BCUT2D eigenvalue weighted by Gasteiger charge is -2.07. The van der Waals surface area contributed by atoms with Crippen molar-refractivity contribution in [3.8, 4) is 0 Å². The van der Waals surface area contributed by atoms with Crippen molar-refractivity contribution in [3.05, 3.63) is 18.2 Å². The quantitative estimate of drug-likeness (QED) is 0.821. The molecule has 80 valence electrons. The van der Waals surface area contributed by atoms with Gasteiger partial charge in [-0.2, -0.15) is 0 Å². The maximum absolute atomic E-state index is 13.1. The summed E-state index contributed by atoms with van der Waals surface area (Å²) in [5, 5.41) is 0. The van der Waals surface area contributed by atoms with Gasteiger partial charge in [0, 0.05) is 25.5 Å². The van der Waals surface area contributed by atoms with E-state index in [9.17, 15) is 12.8 Å². The molecule has 0 fully saturated rings. The second kappa shape index (κ2) is 3.70. The highest BCUT2D eigenvalue weighted by atomic mass is 32.2. The predicted octanol–water partition coefficient (Wildman–Crippen LogP) is 0.851. The summed E-state index contributed by atoms with van der Waals surface area (Å²) in [6.45, 7) is 3.36. The van der Waals surface area contributed by atoms with Gasteiger partial charge in [0.15, 0.2) is 5.82 Å². The Bertz CT molecular complexity index is 423. The zero-order valence-electron chi connectivity index (χ0n) is 8.28. The van der Waals surface area contributed by atoms with Crippen LogP contribution in [-0.2, 0) is 17.1 Å². The minimum absolute atomic E-state index is 0.250. The summed E-state index contributed by atoms with van der Waals surface area (Å²) < 4.78 is 39.8. The Morgan fingerprint density at radius 3 is 2.36 bits per heavy atom. The molecule has 0 atom stereocenters. The summed E-state index contributed by atoms with van der Waals surface area (Å²) in [4.78, 5) is -0.311. The van der Waals surface area contributed by atoms with Crippen molar-refractivity contribution in [2.45, 2.75) is 24.8 Å². The van der Waals surface area contributed by atoms with E-state index in [0.29, 0.717) is 0 Å². The Kier molecular flexibility index (Phi) is 2.96. The standard InChI is InChI=1S/C8H13FN2O2S/c1-6(2)10-14(12,13)8-5-11(3)4-7(8)9/h4-6,10H,1-3H3. The van der Waals surface area contributed by atoms with Crippen LogP contribution in [0.3, 0.4) is 0 Å². The highest BCUT2D eigenvalue weighted by Crippen LogP contribution is 2.14. The van der Waals surface area contributed by atoms with Crippen molar-refractivity contribution in [2.24, 2.45) is 7.05 Å². The van der Waals surface area contributed by atoms with Gasteiger partial charge in [0.2, 0.25) is 10.0 Å². The predicted molar refractivity (Wildman–Crippen MR) is 50.8 cm³/mol. The molecule has 0 bridgehead atoms. The molecule has 1 aromatic rings. The van der Waals surface area contributed by atoms with E-state index >= 15 is 0 Å². The third-order valence-electron chi connectivity index (χ3n) is 1.55. The van der Waals surface area contributed by atoms with Gasteiger partial charge in [-0.1, -0.05) is 0 Å². The van der Waals surface area contributed by atoms with Gasteiger partial charge in [0.25, 0.3) is 0 Å². The smallest absolute Gasteiger partial charge is 0.245 e. The molecule has 14 heavy (non-hydrogen) atoms. The van der Waals surface area contributed by atoms with Crippen molar-refractivity contribution in [1.29, 1.82) is 0 Å². The van der Waals surface area contributed by atoms with Gasteiger partial charge < -0.3 is 4.57 Å². The maximum Gasteiger partial charge on any atom is 0.245 e. The molecule has 0 saturated carbocycles. The highest BCUT2D eigenvalue weighted by Gasteiger charge is 2.21. The van der Waals surface area contributed by atoms with E-state index in [2.05, 4.69) is 4.72 Å². The number of halogens is 1. The first-order chi connectivity index (χ1) is 6.33. The largest absolute Gasteiger partial charge is 0.353 e. The molecular weight excluding hydrogens is 207 g/mol. The molecule has 0 amide bonds. The zero-order chi connectivity index (χ0) is 10.9. The normalized spacial score (nSPS) is 12.4. The fraction of sp³-hybridized carbons (Fsp3) is 0.500. The Labute approximate surface area is 82.8 Å². The Morgan fingerprint density at radius 2 is 2.00 bits per heavy atom. The van der Waals surface area contributed by atoms with E-state index in [1.54, 1.807) is 20.9 Å². The minimum Gasteiger partial charge on any atom is -0.353 e. The summed E-state index contributed by atoms with van der Waals surface area (Å²) in [5.41, 5.74) is 0. The molecule has 0 aromatic carbocycles. The summed E-state index contributed by atoms with van der Waals surface area (Å²) >= 11 is 0. The Hall–Kier alpha value is -0.880. The third kappa shape index (κ3) is 2.33. The van der Waals surface area contributed by atoms with E-state index in [-0.39, 0.29) is 10.9 Å². The summed E-state index contributed by atoms with van der Waals surface area (Å²) in [6.07, 6.45) is 2.36. The van der Waals surface area contributed by atoms with Crippen LogP contribution in [0.15, 0.2) is 17.3 Å². The number of hydrogen-bond donors (Lipinski definition) is 1. The fourth-order valence-corrected chi connectivity index (χ4v) is 2.46. The molecule has 1 heterocycles. The zero-order valence-corrected chi connectivity index (χ0v) is 9.10. The van der Waals surface area contributed by atoms with Crippen LogP contribution < -0.4 is 4.72 Å². The topological polar surface area (TPSA) is 51.1 Å². The molecule has 1 rings (SSSR count). The summed E-state index contributed by atoms with van der Waals surface area (Å²) in [5.74, 6) is -0.736. The SMILES string of the molecule is CC(C)NS(=O)(=O)c1cn(C)cc1F. The van der Waals surface area contributed by atoms with Crippen molar-refractivity contribution in [3.63, 3.8) is 0 Å². The van der Waals surface area contributed by atoms with Crippen molar-refractivity contribution < 1.29 is 12.8 Å². The molecule has 6 heteroatoms. The molecule has 0 unspecified atom stereocenters. The lowest BCUT2D eigenvalue weighted by Crippen LogP contribution is -2.30. The number of rotatable bonds is 3. The van der Waals surface area contributed by atoms with Crippen LogP contribution >= 0.6 is 0 Å². The van der Waals surface area contributed by atoms with Crippen molar-refractivity contribution >= 4 is 10.0 Å². The maximum atomic E-state index is 13.1. The first kappa shape index (κ1) is 11.2. The number of hydrogen-bond acceptors (Lipinski definition) is 2. The van der Waals surface area contributed by atoms with Crippen LogP contribution in [0.2, 0.25) is 0 Å². The van der Waals surface area contributed by atoms with Crippen LogP contribution in [0.4, 0.5) is 4.39 Å². The van der Waals surface area contributed by atoms with Crippen molar-refractivity contribution in [1.82, 2.24) is 9.29 Å². The number of nitrogens with zero attached hydrogens (tertiary/aromatic N) is 1. The second-order valence-corrected chi connectivity index (χ2v) is 5.09. The van der Waals surface area contributed by atoms with Crippen LogP contribution in [0.25, 0.3) is 0 Å². The Balaban J connectivity index is 3.10. The number of sulfonamides is 1. The summed E-state index contributed by atoms with van der Waals surface area (Å²) in [6, 6.07) is -0.250. The lowest BCUT2D eigenvalue weighted by atomic mass is 10.4. The molecule has 0 aliphatic carbocycles. The van der Waals surface area contributed by atoms with E-state index < -0.39 is 15.8 Å². The monoisotopic (exact) mass is 220 g/mol. The van der Waals surface area contributed by atoms with Crippen LogP contribution in [-0.4, -0.2) is 19.0 Å². The molecule has 0 spiro atoms. The average molecular weight is 220 g/mol. The molecule has 0 aliphatic heterocycles. The van der Waals surface area contributed by atoms with E-state index in [1.807, 2.05) is 0 Å². The van der Waals surface area contributed by atoms with Crippen LogP contribution in [0.5, 0.6) is 0 Å². The number of aryl methyl sites for hydroxylation is 1. The first-order valence-corrected chi connectivity index (χ1v) is 5.65.